The minimum absolute atomic E-state index is 0.136. The Bertz CT molecular complexity index is 638. The van der Waals surface area contributed by atoms with E-state index >= 15 is 0 Å². The van der Waals surface area contributed by atoms with E-state index in [1.54, 1.807) is 36.7 Å². The van der Waals surface area contributed by atoms with Gasteiger partial charge in [0.25, 0.3) is 5.91 Å². The van der Waals surface area contributed by atoms with Crippen molar-refractivity contribution in [2.75, 3.05) is 11.9 Å². The molecule has 0 saturated heterocycles. The second-order valence-corrected chi connectivity index (χ2v) is 5.80. The summed E-state index contributed by atoms with van der Waals surface area (Å²) < 4.78 is 6.82. The maximum absolute atomic E-state index is 11.8. The van der Waals surface area contributed by atoms with Crippen molar-refractivity contribution in [3.8, 4) is 5.75 Å². The topological polar surface area (TPSA) is 51.2 Å². The Hall–Kier alpha value is -1.11. The minimum atomic E-state index is -0.300. The number of pyridine rings is 1. The van der Waals surface area contributed by atoms with Gasteiger partial charge in [-0.05, 0) is 44.0 Å². The molecule has 7 heteroatoms. The number of nitrogens with one attached hydrogen (secondary N) is 1. The molecular weight excluding hydrogens is 411 g/mol. The Morgan fingerprint density at radius 1 is 1.30 bits per heavy atom. The molecule has 4 nitrogen and oxygen atoms in total. The van der Waals surface area contributed by atoms with Gasteiger partial charge >= 0.3 is 0 Å². The van der Waals surface area contributed by atoms with Gasteiger partial charge in [0.1, 0.15) is 5.75 Å². The predicted molar refractivity (Wildman–Crippen MR) is 85.2 cm³/mol. The number of rotatable bonds is 4. The fraction of sp³-hybridized carbons (Fsp3) is 0.0769. The van der Waals surface area contributed by atoms with E-state index in [2.05, 4.69) is 42.2 Å². The van der Waals surface area contributed by atoms with E-state index in [0.717, 1.165) is 8.95 Å². The lowest BCUT2D eigenvalue weighted by Crippen LogP contribution is -2.20. The maximum atomic E-state index is 11.8. The van der Waals surface area contributed by atoms with Gasteiger partial charge in [0, 0.05) is 6.20 Å². The fourth-order valence-electron chi connectivity index (χ4n) is 1.40. The zero-order chi connectivity index (χ0) is 14.5. The molecule has 0 aliphatic carbocycles. The van der Waals surface area contributed by atoms with Crippen LogP contribution in [0.2, 0.25) is 5.02 Å². The van der Waals surface area contributed by atoms with Crippen molar-refractivity contribution in [1.29, 1.82) is 0 Å². The molecule has 0 unspecified atom stereocenters. The van der Waals surface area contributed by atoms with Crippen LogP contribution >= 0.6 is 43.5 Å². The van der Waals surface area contributed by atoms with Crippen LogP contribution in [0.5, 0.6) is 5.75 Å². The largest absolute Gasteiger partial charge is 0.482 e. The first-order chi connectivity index (χ1) is 9.58. The number of aromatic nitrogens is 1. The number of ether oxygens (including phenoxy) is 1. The summed E-state index contributed by atoms with van der Waals surface area (Å²) in [6, 6.07) is 6.98. The van der Waals surface area contributed by atoms with E-state index < -0.39 is 0 Å². The van der Waals surface area contributed by atoms with Crippen LogP contribution in [0.25, 0.3) is 0 Å². The van der Waals surface area contributed by atoms with Gasteiger partial charge in [-0.3, -0.25) is 9.78 Å². The number of benzene rings is 1. The van der Waals surface area contributed by atoms with Crippen LogP contribution in [0.1, 0.15) is 0 Å². The molecular formula is C13H9Br2ClN2O2. The number of carbonyl (C=O) groups excluding carboxylic acids is 1. The van der Waals surface area contributed by atoms with E-state index in [0.29, 0.717) is 16.5 Å². The van der Waals surface area contributed by atoms with Crippen molar-refractivity contribution in [2.45, 2.75) is 0 Å². The highest BCUT2D eigenvalue weighted by molar-refractivity contribution is 9.13. The SMILES string of the molecule is O=C(COc1ccccc1Cl)Nc1cncc(Br)c1Br. The highest BCUT2D eigenvalue weighted by Crippen LogP contribution is 2.29. The third kappa shape index (κ3) is 3.94. The summed E-state index contributed by atoms with van der Waals surface area (Å²) >= 11 is 12.6. The van der Waals surface area contributed by atoms with Crippen LogP contribution in [0, 0.1) is 0 Å². The highest BCUT2D eigenvalue weighted by Gasteiger charge is 2.09. The third-order valence-electron chi connectivity index (χ3n) is 2.31. The number of para-hydroxylation sites is 1. The molecule has 1 heterocycles. The van der Waals surface area contributed by atoms with Gasteiger partial charge in [-0.2, -0.15) is 0 Å². The van der Waals surface area contributed by atoms with Crippen molar-refractivity contribution in [3.05, 3.63) is 50.6 Å². The molecule has 1 amide bonds. The van der Waals surface area contributed by atoms with Crippen molar-refractivity contribution in [3.63, 3.8) is 0 Å². The summed E-state index contributed by atoms with van der Waals surface area (Å²) in [5.41, 5.74) is 0.562. The number of hydrogen-bond donors (Lipinski definition) is 1. The van der Waals surface area contributed by atoms with E-state index in [1.165, 1.54) is 0 Å². The second-order valence-electron chi connectivity index (χ2n) is 3.75. The Morgan fingerprint density at radius 2 is 2.05 bits per heavy atom. The third-order valence-corrected chi connectivity index (χ3v) is 4.61. The number of anilines is 1. The first-order valence-corrected chi connectivity index (χ1v) is 7.50. The molecule has 2 rings (SSSR count). The standard InChI is InChI=1S/C13H9Br2ClN2O2/c14-8-5-17-6-10(13(8)15)18-12(19)7-20-11-4-2-1-3-9(11)16/h1-6H,7H2,(H,18,19). The average molecular weight is 420 g/mol. The summed E-state index contributed by atoms with van der Waals surface area (Å²) in [5.74, 6) is 0.168. The number of carbonyl (C=O) groups is 1. The van der Waals surface area contributed by atoms with Crippen molar-refractivity contribution < 1.29 is 9.53 Å². The molecule has 0 bridgehead atoms. The fourth-order valence-corrected chi connectivity index (χ4v) is 2.22. The molecule has 0 aliphatic rings. The number of nitrogens with zero attached hydrogens (tertiary/aromatic N) is 1. The van der Waals surface area contributed by atoms with Gasteiger partial charge in [-0.1, -0.05) is 23.7 Å². The molecule has 0 fully saturated rings. The molecule has 0 atom stereocenters. The monoisotopic (exact) mass is 418 g/mol. The summed E-state index contributed by atoms with van der Waals surface area (Å²) in [7, 11) is 0. The summed E-state index contributed by atoms with van der Waals surface area (Å²) in [4.78, 5) is 15.8. The number of halogens is 3. The van der Waals surface area contributed by atoms with Gasteiger partial charge < -0.3 is 10.1 Å². The lowest BCUT2D eigenvalue weighted by molar-refractivity contribution is -0.118. The first-order valence-electron chi connectivity index (χ1n) is 5.54. The normalized spacial score (nSPS) is 10.2. The van der Waals surface area contributed by atoms with Crippen molar-refractivity contribution >= 4 is 55.1 Å². The lowest BCUT2D eigenvalue weighted by Gasteiger charge is -2.10. The second kappa shape index (κ2) is 7.06. The van der Waals surface area contributed by atoms with Crippen LogP contribution in [0.3, 0.4) is 0 Å². The molecule has 1 aromatic carbocycles. The van der Waals surface area contributed by atoms with Crippen LogP contribution in [0.15, 0.2) is 45.6 Å². The Morgan fingerprint density at radius 3 is 2.80 bits per heavy atom. The van der Waals surface area contributed by atoms with E-state index in [9.17, 15) is 4.79 Å². The molecule has 0 aliphatic heterocycles. The smallest absolute Gasteiger partial charge is 0.262 e. The molecule has 104 valence electrons. The maximum Gasteiger partial charge on any atom is 0.262 e. The first kappa shape index (κ1) is 15.3. The quantitative estimate of drug-likeness (QED) is 0.803. The van der Waals surface area contributed by atoms with Gasteiger partial charge in [0.2, 0.25) is 0 Å². The van der Waals surface area contributed by atoms with Crippen LogP contribution in [-0.2, 0) is 4.79 Å². The zero-order valence-electron chi connectivity index (χ0n) is 10.1. The Kier molecular flexibility index (Phi) is 5.39. The average Bonchev–Trinajstić information content (AvgIpc) is 2.43. The van der Waals surface area contributed by atoms with Crippen LogP contribution < -0.4 is 10.1 Å². The van der Waals surface area contributed by atoms with Gasteiger partial charge in [0.05, 0.1) is 25.9 Å². The zero-order valence-corrected chi connectivity index (χ0v) is 14.0. The van der Waals surface area contributed by atoms with Crippen LogP contribution in [-0.4, -0.2) is 17.5 Å². The molecule has 20 heavy (non-hydrogen) atoms. The molecule has 1 N–H and O–H groups in total. The number of amides is 1. The number of hydrogen-bond acceptors (Lipinski definition) is 3. The van der Waals surface area contributed by atoms with Crippen molar-refractivity contribution in [2.24, 2.45) is 0 Å². The Balaban J connectivity index is 1.96. The lowest BCUT2D eigenvalue weighted by atomic mass is 10.3. The molecule has 1 aromatic heterocycles. The summed E-state index contributed by atoms with van der Waals surface area (Å²) in [5, 5.41) is 3.16. The van der Waals surface area contributed by atoms with E-state index in [1.807, 2.05) is 0 Å². The molecule has 2 aromatic rings. The van der Waals surface area contributed by atoms with Gasteiger partial charge in [-0.15, -0.1) is 0 Å². The minimum Gasteiger partial charge on any atom is -0.482 e. The molecule has 0 radical (unpaired) electrons. The molecule has 0 saturated carbocycles. The predicted octanol–water partition coefficient (Wildman–Crippen LogP) is 4.28. The van der Waals surface area contributed by atoms with E-state index in [4.69, 9.17) is 16.3 Å². The molecule has 0 spiro atoms. The summed E-state index contributed by atoms with van der Waals surface area (Å²) in [6.45, 7) is -0.136. The highest BCUT2D eigenvalue weighted by atomic mass is 79.9. The van der Waals surface area contributed by atoms with E-state index in [-0.39, 0.29) is 12.5 Å². The Labute approximate surface area is 137 Å². The van der Waals surface area contributed by atoms with Crippen LogP contribution in [0.4, 0.5) is 5.69 Å². The van der Waals surface area contributed by atoms with Gasteiger partial charge in [0.15, 0.2) is 6.61 Å². The summed E-state index contributed by atoms with van der Waals surface area (Å²) in [6.07, 6.45) is 3.17. The van der Waals surface area contributed by atoms with Gasteiger partial charge in [-0.25, -0.2) is 0 Å². The van der Waals surface area contributed by atoms with Crippen molar-refractivity contribution in [1.82, 2.24) is 4.98 Å².